The van der Waals surface area contributed by atoms with Crippen LogP contribution in [-0.2, 0) is 0 Å². The van der Waals surface area contributed by atoms with E-state index in [0.29, 0.717) is 0 Å². The number of carboxylic acids is 1. The Morgan fingerprint density at radius 2 is 2.06 bits per heavy atom. The number of aromatic carboxylic acids is 1. The van der Waals surface area contributed by atoms with Gasteiger partial charge in [0.2, 0.25) is 0 Å². The van der Waals surface area contributed by atoms with E-state index in [1.54, 1.807) is 0 Å². The first kappa shape index (κ1) is 13.1. The maximum absolute atomic E-state index is 11.9. The summed E-state index contributed by atoms with van der Waals surface area (Å²) in [6.07, 6.45) is -2.73. The fourth-order valence-corrected chi connectivity index (χ4v) is 1.09. The molecule has 0 aliphatic rings. The molecule has 6 nitrogen and oxygen atoms in total. The summed E-state index contributed by atoms with van der Waals surface area (Å²) in [5.74, 6) is -1.71. The molecule has 0 aliphatic heterocycles. The van der Waals surface area contributed by atoms with Crippen molar-refractivity contribution in [2.45, 2.75) is 6.43 Å². The Morgan fingerprint density at radius 1 is 1.41 bits per heavy atom. The number of hydrogen-bond acceptors (Lipinski definition) is 5. The summed E-state index contributed by atoms with van der Waals surface area (Å²) < 4.78 is 28.4. The van der Waals surface area contributed by atoms with Crippen molar-refractivity contribution in [2.24, 2.45) is 0 Å². The third kappa shape index (κ3) is 3.54. The Kier molecular flexibility index (Phi) is 4.18. The van der Waals surface area contributed by atoms with E-state index < -0.39 is 24.6 Å². The fourth-order valence-electron chi connectivity index (χ4n) is 1.09. The molecule has 0 heterocycles. The lowest BCUT2D eigenvalue weighted by molar-refractivity contribution is 0.0290. The molecule has 1 rings (SSSR count). The van der Waals surface area contributed by atoms with Crippen LogP contribution in [0.2, 0.25) is 0 Å². The minimum atomic E-state index is -2.73. The molecule has 0 radical (unpaired) electrons. The van der Waals surface area contributed by atoms with Crippen molar-refractivity contribution in [1.29, 1.82) is 0 Å². The molecular weight excluding hydrogens is 240 g/mol. The number of carbonyl (C=O) groups is 1. The molecule has 0 aromatic heterocycles. The van der Waals surface area contributed by atoms with E-state index in [9.17, 15) is 13.6 Å². The number of nitrogens with zero attached hydrogens (tertiary/aromatic N) is 1. The molecule has 0 saturated carbocycles. The van der Waals surface area contributed by atoms with E-state index in [1.807, 2.05) is 0 Å². The molecule has 0 saturated heterocycles. The second-order valence-corrected chi connectivity index (χ2v) is 2.98. The average Bonchev–Trinajstić information content (AvgIpc) is 2.25. The summed E-state index contributed by atoms with van der Waals surface area (Å²) in [6.45, 7) is -0.943. The lowest BCUT2D eigenvalue weighted by Crippen LogP contribution is -2.14. The molecule has 0 fully saturated rings. The molecule has 3 N–H and O–H groups in total. The minimum absolute atomic E-state index is 0.230. The first-order chi connectivity index (χ1) is 7.91. The SMILES string of the molecule is O=C(O)c1cc(N(O)O)ccc1OCC(F)F. The van der Waals surface area contributed by atoms with Crippen LogP contribution in [-0.4, -0.2) is 34.5 Å². The Hall–Kier alpha value is -1.93. The minimum Gasteiger partial charge on any atom is -0.487 e. The van der Waals surface area contributed by atoms with E-state index in [-0.39, 0.29) is 16.7 Å². The van der Waals surface area contributed by atoms with Crippen LogP contribution in [0.3, 0.4) is 0 Å². The fraction of sp³-hybridized carbons (Fsp3) is 0.222. The van der Waals surface area contributed by atoms with Gasteiger partial charge in [-0.15, -0.1) is 5.23 Å². The number of halogens is 2. The number of hydrogen-bond donors (Lipinski definition) is 3. The van der Waals surface area contributed by atoms with Gasteiger partial charge >= 0.3 is 5.97 Å². The van der Waals surface area contributed by atoms with Crippen molar-refractivity contribution in [3.05, 3.63) is 23.8 Å². The van der Waals surface area contributed by atoms with Gasteiger partial charge in [0.1, 0.15) is 17.9 Å². The third-order valence-corrected chi connectivity index (χ3v) is 1.79. The standard InChI is InChI=1S/C9H9F2NO5/c10-8(11)4-17-7-2-1-5(12(15)16)3-6(7)9(13)14/h1-3,8,15-16H,4H2,(H,13,14). The quantitative estimate of drug-likeness (QED) is 0.687. The highest BCUT2D eigenvalue weighted by atomic mass is 19.3. The number of benzene rings is 1. The molecule has 0 unspecified atom stereocenters. The third-order valence-electron chi connectivity index (χ3n) is 1.79. The first-order valence-corrected chi connectivity index (χ1v) is 4.38. The smallest absolute Gasteiger partial charge is 0.339 e. The summed E-state index contributed by atoms with van der Waals surface area (Å²) >= 11 is 0. The van der Waals surface area contributed by atoms with Gasteiger partial charge in [0.05, 0.1) is 5.69 Å². The molecule has 1 aromatic carbocycles. The molecule has 0 amide bonds. The van der Waals surface area contributed by atoms with Crippen molar-refractivity contribution in [1.82, 2.24) is 0 Å². The summed E-state index contributed by atoms with van der Waals surface area (Å²) in [5.41, 5.74) is -0.678. The molecule has 0 atom stereocenters. The average molecular weight is 249 g/mol. The Labute approximate surface area is 94.2 Å². The second kappa shape index (κ2) is 5.41. The summed E-state index contributed by atoms with van der Waals surface area (Å²) in [7, 11) is 0. The van der Waals surface area contributed by atoms with Gasteiger partial charge in [0.25, 0.3) is 6.43 Å². The Balaban J connectivity index is 3.00. The van der Waals surface area contributed by atoms with Crippen LogP contribution in [0.5, 0.6) is 5.75 Å². The lowest BCUT2D eigenvalue weighted by Gasteiger charge is -2.12. The van der Waals surface area contributed by atoms with Crippen LogP contribution in [0, 0.1) is 0 Å². The van der Waals surface area contributed by atoms with Crippen LogP contribution < -0.4 is 9.96 Å². The zero-order valence-corrected chi connectivity index (χ0v) is 8.38. The van der Waals surface area contributed by atoms with E-state index in [1.165, 1.54) is 0 Å². The Morgan fingerprint density at radius 3 is 2.53 bits per heavy atom. The highest BCUT2D eigenvalue weighted by Gasteiger charge is 2.15. The van der Waals surface area contributed by atoms with Crippen molar-refractivity contribution < 1.29 is 33.8 Å². The Bertz CT molecular complexity index is 410. The monoisotopic (exact) mass is 249 g/mol. The van der Waals surface area contributed by atoms with E-state index >= 15 is 0 Å². The molecule has 1 aromatic rings. The molecule has 0 spiro atoms. The van der Waals surface area contributed by atoms with Crippen LogP contribution in [0.15, 0.2) is 18.2 Å². The predicted molar refractivity (Wildman–Crippen MR) is 51.0 cm³/mol. The molecule has 0 bridgehead atoms. The molecule has 8 heteroatoms. The van der Waals surface area contributed by atoms with E-state index in [0.717, 1.165) is 18.2 Å². The van der Waals surface area contributed by atoms with Gasteiger partial charge in [-0.1, -0.05) is 0 Å². The number of anilines is 1. The molecule has 94 valence electrons. The summed E-state index contributed by atoms with van der Waals surface area (Å²) in [6, 6.07) is 3.04. The van der Waals surface area contributed by atoms with E-state index in [2.05, 4.69) is 4.74 Å². The maximum atomic E-state index is 11.9. The lowest BCUT2D eigenvalue weighted by atomic mass is 10.2. The predicted octanol–water partition coefficient (Wildman–Crippen LogP) is 1.61. The first-order valence-electron chi connectivity index (χ1n) is 4.38. The normalized spacial score (nSPS) is 10.4. The number of alkyl halides is 2. The maximum Gasteiger partial charge on any atom is 0.339 e. The van der Waals surface area contributed by atoms with Gasteiger partial charge < -0.3 is 9.84 Å². The highest BCUT2D eigenvalue weighted by molar-refractivity contribution is 5.92. The summed E-state index contributed by atoms with van der Waals surface area (Å²) in [4.78, 5) is 10.8. The van der Waals surface area contributed by atoms with Crippen molar-refractivity contribution in [3.8, 4) is 5.75 Å². The zero-order chi connectivity index (χ0) is 13.0. The van der Waals surface area contributed by atoms with Crippen LogP contribution in [0.4, 0.5) is 14.5 Å². The molecular formula is C9H9F2NO5. The zero-order valence-electron chi connectivity index (χ0n) is 8.38. The van der Waals surface area contributed by atoms with Crippen LogP contribution >= 0.6 is 0 Å². The van der Waals surface area contributed by atoms with Gasteiger partial charge in [-0.3, -0.25) is 10.4 Å². The molecule has 17 heavy (non-hydrogen) atoms. The number of rotatable bonds is 5. The van der Waals surface area contributed by atoms with Gasteiger partial charge in [-0.05, 0) is 18.2 Å². The topological polar surface area (TPSA) is 90.2 Å². The largest absolute Gasteiger partial charge is 0.487 e. The summed E-state index contributed by atoms with van der Waals surface area (Å²) in [5, 5.41) is 25.8. The van der Waals surface area contributed by atoms with Crippen molar-refractivity contribution in [3.63, 3.8) is 0 Å². The highest BCUT2D eigenvalue weighted by Crippen LogP contribution is 2.24. The molecule has 0 aliphatic carbocycles. The van der Waals surface area contributed by atoms with Crippen LogP contribution in [0.25, 0.3) is 0 Å². The number of carboxylic acid groups (broad SMARTS) is 1. The number of ether oxygens (including phenoxy) is 1. The van der Waals surface area contributed by atoms with Gasteiger partial charge in [-0.2, -0.15) is 0 Å². The van der Waals surface area contributed by atoms with E-state index in [4.69, 9.17) is 15.5 Å². The van der Waals surface area contributed by atoms with Crippen molar-refractivity contribution in [2.75, 3.05) is 11.8 Å². The second-order valence-electron chi connectivity index (χ2n) is 2.98. The van der Waals surface area contributed by atoms with Crippen molar-refractivity contribution >= 4 is 11.7 Å². The van der Waals surface area contributed by atoms with Gasteiger partial charge in [0, 0.05) is 0 Å². The van der Waals surface area contributed by atoms with Gasteiger partial charge in [0.15, 0.2) is 0 Å². The van der Waals surface area contributed by atoms with Crippen LogP contribution in [0.1, 0.15) is 10.4 Å². The van der Waals surface area contributed by atoms with Gasteiger partial charge in [-0.25, -0.2) is 13.6 Å².